The highest BCUT2D eigenvalue weighted by atomic mass is 32.2. The third-order valence-corrected chi connectivity index (χ3v) is 8.61. The summed E-state index contributed by atoms with van der Waals surface area (Å²) in [7, 11) is -2.94. The number of ether oxygens (including phenoxy) is 2. The monoisotopic (exact) mass is 592 g/mol. The number of rotatable bonds is 7. The van der Waals surface area contributed by atoms with Crippen LogP contribution in [0.25, 0.3) is 11.3 Å². The first kappa shape index (κ1) is 30.7. The summed E-state index contributed by atoms with van der Waals surface area (Å²) in [6, 6.07) is 12.6. The van der Waals surface area contributed by atoms with Crippen molar-refractivity contribution in [3.63, 3.8) is 0 Å². The van der Waals surface area contributed by atoms with Gasteiger partial charge in [0.25, 0.3) is 15.9 Å². The lowest BCUT2D eigenvalue weighted by Crippen LogP contribution is -2.44. The van der Waals surface area contributed by atoms with Crippen molar-refractivity contribution in [1.82, 2.24) is 14.9 Å². The van der Waals surface area contributed by atoms with Crippen molar-refractivity contribution in [3.8, 4) is 17.1 Å². The van der Waals surface area contributed by atoms with Crippen LogP contribution in [-0.4, -0.2) is 61.9 Å². The fourth-order valence-corrected chi connectivity index (χ4v) is 6.34. The molecule has 42 heavy (non-hydrogen) atoms. The number of nitrogens with one attached hydrogen (secondary N) is 1. The quantitative estimate of drug-likeness (QED) is 0.386. The first-order valence-electron chi connectivity index (χ1n) is 13.5. The molecule has 4 bridgehead atoms. The molecule has 3 aromatic rings. The van der Waals surface area contributed by atoms with Gasteiger partial charge in [0, 0.05) is 36.7 Å². The molecule has 3 N–H and O–H groups in total. The fraction of sp³-hybridized carbons (Fsp3) is 0.333. The number of carbonyl (C=O) groups is 1. The number of methoxy groups -OCH3 is 1. The fourth-order valence-electron chi connectivity index (χ4n) is 5.02. The summed E-state index contributed by atoms with van der Waals surface area (Å²) in [5, 5.41) is 7.96. The van der Waals surface area contributed by atoms with Gasteiger partial charge >= 0.3 is 0 Å². The van der Waals surface area contributed by atoms with Crippen LogP contribution in [0.15, 0.2) is 65.3 Å². The van der Waals surface area contributed by atoms with Crippen LogP contribution in [-0.2, 0) is 14.8 Å². The number of aromatic nitrogens is 2. The van der Waals surface area contributed by atoms with Crippen LogP contribution < -0.4 is 14.8 Å². The zero-order valence-corrected chi connectivity index (χ0v) is 25.2. The largest absolute Gasteiger partial charge is 0.475 e. The molecule has 0 unspecified atom stereocenters. The number of carbonyl (C=O) groups excluding carboxylic acids is 1. The second kappa shape index (κ2) is 12.7. The molecule has 0 spiro atoms. The molecule has 4 rings (SSSR count). The minimum absolute atomic E-state index is 0.00549. The summed E-state index contributed by atoms with van der Waals surface area (Å²) in [4.78, 5) is 24.4. The summed E-state index contributed by atoms with van der Waals surface area (Å²) in [5.74, 6) is -0.395. The summed E-state index contributed by atoms with van der Waals surface area (Å²) < 4.78 is 40.6. The lowest BCUT2D eigenvalue weighted by atomic mass is 10.00. The van der Waals surface area contributed by atoms with Crippen molar-refractivity contribution in [2.45, 2.75) is 45.1 Å². The second-order valence-electron chi connectivity index (χ2n) is 10.5. The van der Waals surface area contributed by atoms with Crippen LogP contribution in [0.4, 0.5) is 5.95 Å². The van der Waals surface area contributed by atoms with Crippen molar-refractivity contribution in [2.75, 3.05) is 24.8 Å². The first-order valence-corrected chi connectivity index (χ1v) is 14.9. The van der Waals surface area contributed by atoms with E-state index in [-0.39, 0.29) is 47.2 Å². The van der Waals surface area contributed by atoms with Gasteiger partial charge in [0.1, 0.15) is 13.3 Å². The van der Waals surface area contributed by atoms with E-state index < -0.39 is 22.0 Å². The summed E-state index contributed by atoms with van der Waals surface area (Å²) >= 11 is 0. The van der Waals surface area contributed by atoms with Gasteiger partial charge in [-0.2, -0.15) is 4.98 Å². The first-order chi connectivity index (χ1) is 20.0. The lowest BCUT2D eigenvalue weighted by Gasteiger charge is -2.33. The molecular formula is C30H36N6O5S. The molecule has 0 saturated heterocycles. The van der Waals surface area contributed by atoms with Gasteiger partial charge in [0.15, 0.2) is 0 Å². The summed E-state index contributed by atoms with van der Waals surface area (Å²) in [6.07, 6.45) is 2.68. The highest BCUT2D eigenvalue weighted by Crippen LogP contribution is 2.32. The molecule has 0 saturated carbocycles. The van der Waals surface area contributed by atoms with Gasteiger partial charge < -0.3 is 20.6 Å². The van der Waals surface area contributed by atoms with E-state index in [1.807, 2.05) is 45.9 Å². The molecule has 1 atom stereocenters. The van der Waals surface area contributed by atoms with Crippen LogP contribution in [0.1, 0.15) is 41.8 Å². The molecule has 0 aliphatic carbocycles. The number of sulfonamides is 1. The molecule has 222 valence electrons. The van der Waals surface area contributed by atoms with E-state index in [0.29, 0.717) is 12.1 Å². The van der Waals surface area contributed by atoms with E-state index in [4.69, 9.17) is 20.6 Å². The molecule has 1 aromatic heterocycles. The van der Waals surface area contributed by atoms with Gasteiger partial charge in [-0.05, 0) is 55.5 Å². The zero-order chi connectivity index (χ0) is 30.6. The summed E-state index contributed by atoms with van der Waals surface area (Å²) in [6.45, 7) is 7.53. The van der Waals surface area contributed by atoms with E-state index in [1.54, 1.807) is 6.07 Å². The molecule has 11 nitrogen and oxygen atoms in total. The van der Waals surface area contributed by atoms with Crippen LogP contribution >= 0.6 is 0 Å². The van der Waals surface area contributed by atoms with E-state index in [2.05, 4.69) is 9.97 Å². The van der Waals surface area contributed by atoms with Gasteiger partial charge in [0.05, 0.1) is 22.3 Å². The maximum absolute atomic E-state index is 14.1. The smallest absolute Gasteiger partial charge is 0.268 e. The maximum Gasteiger partial charge on any atom is 0.268 e. The highest BCUT2D eigenvalue weighted by molar-refractivity contribution is 7.92. The topological polar surface area (TPSA) is 152 Å². The van der Waals surface area contributed by atoms with E-state index in [1.165, 1.54) is 42.5 Å². The standard InChI is InChI=1S/C30H36N6O5S/c1-19(2)12-23-17-41-27-14-26(28-20(3)8-6-9-21(28)4)33-30(34-27)35(18-40-5)42(38,39)25-11-7-10-22(13-25)29(37)36(23)24(15-31)16-32/h6-11,13-16,19,23,31H,12,17-18,32H2,1-5H3/b24-16+,31-15?/t23-/m1/s1. The Hall–Kier alpha value is -4.29. The number of amides is 1. The van der Waals surface area contributed by atoms with Crippen LogP contribution in [0.2, 0.25) is 0 Å². The Kier molecular flexibility index (Phi) is 9.27. The third-order valence-electron chi connectivity index (χ3n) is 6.91. The third kappa shape index (κ3) is 6.14. The Morgan fingerprint density at radius 3 is 2.48 bits per heavy atom. The lowest BCUT2D eigenvalue weighted by molar-refractivity contribution is 0.0680. The number of hydrogen-bond acceptors (Lipinski definition) is 9. The Labute approximate surface area is 246 Å². The average molecular weight is 593 g/mol. The molecule has 1 amide bonds. The summed E-state index contributed by atoms with van der Waals surface area (Å²) in [5.41, 5.74) is 9.29. The normalized spacial score (nSPS) is 17.2. The highest BCUT2D eigenvalue weighted by Gasteiger charge is 2.33. The Morgan fingerprint density at radius 2 is 1.86 bits per heavy atom. The molecule has 0 radical (unpaired) electrons. The molecular weight excluding hydrogens is 556 g/mol. The Morgan fingerprint density at radius 1 is 1.17 bits per heavy atom. The number of nitrogens with two attached hydrogens (primary N) is 1. The Bertz CT molecular complexity index is 1600. The van der Waals surface area contributed by atoms with Gasteiger partial charge in [0.2, 0.25) is 11.8 Å². The van der Waals surface area contributed by atoms with Gasteiger partial charge in [-0.3, -0.25) is 9.69 Å². The van der Waals surface area contributed by atoms with E-state index >= 15 is 0 Å². The minimum atomic E-state index is -4.31. The van der Waals surface area contributed by atoms with Gasteiger partial charge in [-0.25, -0.2) is 17.7 Å². The molecule has 1 aliphatic heterocycles. The van der Waals surface area contributed by atoms with Crippen LogP contribution in [0.5, 0.6) is 5.88 Å². The number of fused-ring (bicyclic) bond motifs is 4. The van der Waals surface area contributed by atoms with E-state index in [9.17, 15) is 13.2 Å². The minimum Gasteiger partial charge on any atom is -0.475 e. The number of hydrogen-bond donors (Lipinski definition) is 2. The number of nitrogens with zero attached hydrogens (tertiary/aromatic N) is 4. The SMILES string of the molecule is COCN1c2nc(cc(-c3c(C)cccc3C)n2)OC[C@@H](CC(C)C)N(/C(C=N)=C/N)C(=O)c2cccc(c2)S1(=O)=O. The molecule has 1 aliphatic rings. The van der Waals surface area contributed by atoms with Crippen molar-refractivity contribution >= 4 is 28.1 Å². The second-order valence-corrected chi connectivity index (χ2v) is 12.3. The molecule has 0 fully saturated rings. The number of allylic oxidation sites excluding steroid dienone is 1. The van der Waals surface area contributed by atoms with Crippen LogP contribution in [0.3, 0.4) is 0 Å². The van der Waals surface area contributed by atoms with Gasteiger partial charge in [-0.15, -0.1) is 0 Å². The average Bonchev–Trinajstić information content (AvgIpc) is 2.96. The number of aryl methyl sites for hydroxylation is 2. The van der Waals surface area contributed by atoms with Gasteiger partial charge in [-0.1, -0.05) is 38.1 Å². The Balaban J connectivity index is 2.03. The van der Waals surface area contributed by atoms with Crippen molar-refractivity contribution < 1.29 is 22.7 Å². The van der Waals surface area contributed by atoms with E-state index in [0.717, 1.165) is 27.2 Å². The predicted molar refractivity (Wildman–Crippen MR) is 161 cm³/mol. The maximum atomic E-state index is 14.1. The van der Waals surface area contributed by atoms with Crippen LogP contribution in [0, 0.1) is 25.2 Å². The van der Waals surface area contributed by atoms with Crippen molar-refractivity contribution in [3.05, 3.63) is 77.1 Å². The van der Waals surface area contributed by atoms with Crippen molar-refractivity contribution in [1.29, 1.82) is 5.41 Å². The predicted octanol–water partition coefficient (Wildman–Crippen LogP) is 4.26. The zero-order valence-electron chi connectivity index (χ0n) is 24.4. The molecule has 2 aromatic carbocycles. The number of benzene rings is 2. The molecule has 12 heteroatoms. The molecule has 2 heterocycles. The van der Waals surface area contributed by atoms with Crippen molar-refractivity contribution in [2.24, 2.45) is 11.7 Å². The number of anilines is 1.